The molecule has 1 N–H and O–H groups in total. The van der Waals surface area contributed by atoms with Crippen molar-refractivity contribution in [1.82, 2.24) is 9.55 Å². The van der Waals surface area contributed by atoms with Crippen LogP contribution in [-0.2, 0) is 7.05 Å². The highest BCUT2D eigenvalue weighted by Crippen LogP contribution is 2.23. The first-order valence-electron chi connectivity index (χ1n) is 6.66. The van der Waals surface area contributed by atoms with Gasteiger partial charge in [0.1, 0.15) is 19.9 Å². The molecule has 1 aromatic carbocycles. The first kappa shape index (κ1) is 16.0. The summed E-state index contributed by atoms with van der Waals surface area (Å²) >= 11 is 6.29. The predicted octanol–water partition coefficient (Wildman–Crippen LogP) is 1.10. The molecule has 0 unspecified atom stereocenters. The van der Waals surface area contributed by atoms with Crippen LogP contribution in [0.5, 0.6) is 0 Å². The van der Waals surface area contributed by atoms with E-state index in [-0.39, 0.29) is 10.7 Å². The molecule has 0 saturated heterocycles. The number of aromatic nitrogens is 2. The van der Waals surface area contributed by atoms with E-state index in [1.807, 2.05) is 30.3 Å². The number of aromatic amines is 1. The summed E-state index contributed by atoms with van der Waals surface area (Å²) in [5.41, 5.74) is 0.144. The quantitative estimate of drug-likeness (QED) is 0.680. The number of nitrogens with zero attached hydrogens (tertiary/aromatic N) is 3. The number of halogens is 1. The molecule has 0 aliphatic rings. The van der Waals surface area contributed by atoms with E-state index in [9.17, 15) is 9.59 Å². The monoisotopic (exact) mass is 321 g/mol. The van der Waals surface area contributed by atoms with E-state index in [0.29, 0.717) is 5.82 Å². The maximum absolute atomic E-state index is 12.5. The Bertz CT molecular complexity index is 833. The van der Waals surface area contributed by atoms with Crippen molar-refractivity contribution in [2.24, 2.45) is 7.05 Å². The van der Waals surface area contributed by atoms with Gasteiger partial charge in [-0.1, -0.05) is 18.2 Å². The van der Waals surface area contributed by atoms with Gasteiger partial charge in [0.25, 0.3) is 10.7 Å². The number of benzene rings is 1. The third-order valence-corrected chi connectivity index (χ3v) is 3.89. The Morgan fingerprint density at radius 2 is 1.82 bits per heavy atom. The summed E-state index contributed by atoms with van der Waals surface area (Å²) in [4.78, 5) is 28.9. The molecule has 0 fully saturated rings. The van der Waals surface area contributed by atoms with Crippen molar-refractivity contribution < 1.29 is 4.58 Å². The molecule has 22 heavy (non-hydrogen) atoms. The Morgan fingerprint density at radius 3 is 2.36 bits per heavy atom. The Labute approximate surface area is 132 Å². The summed E-state index contributed by atoms with van der Waals surface area (Å²) in [5, 5.41) is 0.259. The van der Waals surface area contributed by atoms with Crippen LogP contribution in [0.2, 0.25) is 0 Å². The van der Waals surface area contributed by atoms with Crippen molar-refractivity contribution >= 4 is 28.3 Å². The lowest BCUT2D eigenvalue weighted by Gasteiger charge is -2.20. The highest BCUT2D eigenvalue weighted by atomic mass is 35.5. The zero-order chi connectivity index (χ0) is 16.4. The summed E-state index contributed by atoms with van der Waals surface area (Å²) in [7, 11) is 6.65. The lowest BCUT2D eigenvalue weighted by Crippen LogP contribution is -2.39. The van der Waals surface area contributed by atoms with E-state index >= 15 is 0 Å². The fourth-order valence-corrected chi connectivity index (χ4v) is 2.22. The van der Waals surface area contributed by atoms with E-state index in [4.69, 9.17) is 11.6 Å². The molecule has 0 atom stereocenters. The van der Waals surface area contributed by atoms with Crippen molar-refractivity contribution in [3.63, 3.8) is 0 Å². The second-order valence-corrected chi connectivity index (χ2v) is 5.46. The number of rotatable bonds is 3. The fourth-order valence-electron chi connectivity index (χ4n) is 2.05. The largest absolute Gasteiger partial charge is 0.330 e. The standard InChI is InChI=1S/C15H17ClN4O2/c1-18(2)12(16)11-13(17-15(22)20(4)14(11)21)19(3)10-8-6-5-7-9-10/h5-9H,1-4H3/p+1. The normalized spacial score (nSPS) is 10.4. The van der Waals surface area contributed by atoms with Crippen molar-refractivity contribution in [3.8, 4) is 0 Å². The average Bonchev–Trinajstić information content (AvgIpc) is 2.51. The second-order valence-electron chi connectivity index (χ2n) is 5.10. The molecule has 0 spiro atoms. The molecule has 0 saturated carbocycles. The number of H-pyrrole nitrogens is 1. The maximum Gasteiger partial charge on any atom is 0.329 e. The lowest BCUT2D eigenvalue weighted by atomic mass is 10.2. The molecular formula is C15H18ClN4O2+. The number of para-hydroxylation sites is 1. The zero-order valence-electron chi connectivity index (χ0n) is 12.9. The SMILES string of the molecule is CN(c1ccccc1)c1[nH]c(=O)n(C)c(=O)c1C(Cl)=[N+](C)C. The van der Waals surface area contributed by atoms with Crippen LogP contribution >= 0.6 is 11.6 Å². The molecule has 0 aliphatic heterocycles. The summed E-state index contributed by atoms with van der Waals surface area (Å²) in [6.07, 6.45) is 0. The van der Waals surface area contributed by atoms with Crippen molar-refractivity contribution in [3.05, 3.63) is 56.7 Å². The second kappa shape index (κ2) is 6.19. The number of hydrogen-bond acceptors (Lipinski definition) is 3. The average molecular weight is 322 g/mol. The molecule has 7 heteroatoms. The van der Waals surface area contributed by atoms with Crippen LogP contribution in [0.15, 0.2) is 39.9 Å². The van der Waals surface area contributed by atoms with Crippen LogP contribution in [-0.4, -0.2) is 40.4 Å². The topological polar surface area (TPSA) is 61.1 Å². The first-order chi connectivity index (χ1) is 10.3. The van der Waals surface area contributed by atoms with E-state index in [2.05, 4.69) is 4.98 Å². The Morgan fingerprint density at radius 1 is 1.23 bits per heavy atom. The maximum atomic E-state index is 12.5. The number of nitrogens with one attached hydrogen (secondary N) is 1. The highest BCUT2D eigenvalue weighted by molar-refractivity contribution is 6.68. The minimum Gasteiger partial charge on any atom is -0.330 e. The van der Waals surface area contributed by atoms with Crippen LogP contribution in [0.4, 0.5) is 11.5 Å². The van der Waals surface area contributed by atoms with Crippen LogP contribution in [0.1, 0.15) is 5.56 Å². The minimum atomic E-state index is -0.491. The Hall–Kier alpha value is -2.34. The number of hydrogen-bond donors (Lipinski definition) is 1. The van der Waals surface area contributed by atoms with Crippen LogP contribution < -0.4 is 16.1 Å². The van der Waals surface area contributed by atoms with Gasteiger partial charge in [-0.2, -0.15) is 0 Å². The third kappa shape index (κ3) is 2.82. The molecule has 0 amide bonds. The molecule has 1 heterocycles. The minimum absolute atomic E-state index is 0.250. The van der Waals surface area contributed by atoms with Gasteiger partial charge in [0.2, 0.25) is 0 Å². The molecule has 0 radical (unpaired) electrons. The van der Waals surface area contributed by atoms with Gasteiger partial charge in [0.15, 0.2) is 5.56 Å². The number of anilines is 2. The summed E-state index contributed by atoms with van der Waals surface area (Å²) in [6, 6.07) is 9.40. The smallest absolute Gasteiger partial charge is 0.329 e. The van der Waals surface area contributed by atoms with Crippen molar-refractivity contribution in [1.29, 1.82) is 0 Å². The van der Waals surface area contributed by atoms with E-state index in [1.54, 1.807) is 30.6 Å². The first-order valence-corrected chi connectivity index (χ1v) is 7.04. The van der Waals surface area contributed by atoms with Gasteiger partial charge in [-0.15, -0.1) is 0 Å². The van der Waals surface area contributed by atoms with Crippen molar-refractivity contribution in [2.45, 2.75) is 0 Å². The summed E-state index contributed by atoms with van der Waals surface area (Å²) in [6.45, 7) is 0. The predicted molar refractivity (Wildman–Crippen MR) is 88.9 cm³/mol. The molecule has 2 rings (SSSR count). The third-order valence-electron chi connectivity index (χ3n) is 3.36. The zero-order valence-corrected chi connectivity index (χ0v) is 13.7. The van der Waals surface area contributed by atoms with Gasteiger partial charge in [0.05, 0.1) is 0 Å². The molecule has 6 nitrogen and oxygen atoms in total. The van der Waals surface area contributed by atoms with Crippen LogP contribution in [0, 0.1) is 0 Å². The summed E-state index contributed by atoms with van der Waals surface area (Å²) < 4.78 is 2.63. The molecule has 2 aromatic rings. The fraction of sp³-hybridized carbons (Fsp3) is 0.267. The molecule has 0 aliphatic carbocycles. The van der Waals surface area contributed by atoms with Crippen molar-refractivity contribution in [2.75, 3.05) is 26.0 Å². The van der Waals surface area contributed by atoms with Crippen LogP contribution in [0.3, 0.4) is 0 Å². The summed E-state index contributed by atoms with van der Waals surface area (Å²) in [5.74, 6) is 0.359. The molecule has 0 bridgehead atoms. The molecular weight excluding hydrogens is 304 g/mol. The highest BCUT2D eigenvalue weighted by Gasteiger charge is 2.24. The van der Waals surface area contributed by atoms with Crippen LogP contribution in [0.25, 0.3) is 0 Å². The molecule has 1 aromatic heterocycles. The van der Waals surface area contributed by atoms with E-state index in [0.717, 1.165) is 10.3 Å². The van der Waals surface area contributed by atoms with E-state index in [1.165, 1.54) is 7.05 Å². The van der Waals surface area contributed by atoms with E-state index < -0.39 is 11.2 Å². The lowest BCUT2D eigenvalue weighted by molar-refractivity contribution is -0.461. The van der Waals surface area contributed by atoms with Gasteiger partial charge < -0.3 is 4.90 Å². The van der Waals surface area contributed by atoms with Gasteiger partial charge in [-0.25, -0.2) is 9.37 Å². The Balaban J connectivity index is 2.79. The van der Waals surface area contributed by atoms with Gasteiger partial charge >= 0.3 is 5.69 Å². The Kier molecular flexibility index (Phi) is 4.51. The molecule has 116 valence electrons. The van der Waals surface area contributed by atoms with Gasteiger partial charge in [-0.3, -0.25) is 14.3 Å². The van der Waals surface area contributed by atoms with Gasteiger partial charge in [-0.05, 0) is 23.7 Å². The van der Waals surface area contributed by atoms with Gasteiger partial charge in [0, 0.05) is 19.8 Å².